The highest BCUT2D eigenvalue weighted by atomic mass is 16.7. The first-order chi connectivity index (χ1) is 7.74. The highest BCUT2D eigenvalue weighted by Crippen LogP contribution is 2.31. The van der Waals surface area contributed by atoms with Crippen LogP contribution in [-0.2, 0) is 4.84 Å². The number of hydrogen-bond donors (Lipinski definition) is 0. The van der Waals surface area contributed by atoms with Crippen LogP contribution in [0.4, 0.5) is 0 Å². The highest BCUT2D eigenvalue weighted by Gasteiger charge is 2.31. The summed E-state index contributed by atoms with van der Waals surface area (Å²) in [5, 5.41) is 2.72. The van der Waals surface area contributed by atoms with Crippen LogP contribution in [0, 0.1) is 4.91 Å². The van der Waals surface area contributed by atoms with E-state index in [0.29, 0.717) is 0 Å². The van der Waals surface area contributed by atoms with Crippen molar-refractivity contribution in [3.05, 3.63) is 4.91 Å². The van der Waals surface area contributed by atoms with E-state index in [1.54, 1.807) is 0 Å². The van der Waals surface area contributed by atoms with Gasteiger partial charge in [-0.05, 0) is 38.5 Å². The largest absolute Gasteiger partial charge is 0.357 e. The van der Waals surface area contributed by atoms with Crippen LogP contribution in [-0.4, -0.2) is 5.60 Å². The van der Waals surface area contributed by atoms with Crippen molar-refractivity contribution in [2.75, 3.05) is 0 Å². The topological polar surface area (TPSA) is 38.7 Å². The Bertz CT molecular complexity index is 150. The van der Waals surface area contributed by atoms with Gasteiger partial charge in [0.05, 0.1) is 0 Å². The van der Waals surface area contributed by atoms with Gasteiger partial charge in [-0.2, -0.15) is 0 Å². The molecule has 0 saturated heterocycles. The molecule has 0 aliphatic carbocycles. The fraction of sp³-hybridized carbons (Fsp3) is 1.00. The third-order valence-electron chi connectivity index (χ3n) is 3.19. The lowest BCUT2D eigenvalue weighted by Gasteiger charge is -2.30. The van der Waals surface area contributed by atoms with Gasteiger partial charge in [0.2, 0.25) is 0 Å². The van der Waals surface area contributed by atoms with Gasteiger partial charge in [-0.25, -0.2) is 0 Å². The van der Waals surface area contributed by atoms with Crippen molar-refractivity contribution >= 4 is 0 Å². The van der Waals surface area contributed by atoms with Crippen LogP contribution in [0.2, 0.25) is 0 Å². The van der Waals surface area contributed by atoms with E-state index in [1.807, 2.05) is 0 Å². The third-order valence-corrected chi connectivity index (χ3v) is 3.19. The minimum Gasteiger partial charge on any atom is -0.357 e. The summed E-state index contributed by atoms with van der Waals surface area (Å²) in [5.41, 5.74) is -0.274. The van der Waals surface area contributed by atoms with Gasteiger partial charge in [0.25, 0.3) is 0 Å². The molecule has 0 amide bonds. The summed E-state index contributed by atoms with van der Waals surface area (Å²) in [6.45, 7) is 6.50. The Morgan fingerprint density at radius 1 is 0.875 bits per heavy atom. The zero-order chi connectivity index (χ0) is 12.3. The fourth-order valence-electron chi connectivity index (χ4n) is 2.09. The van der Waals surface area contributed by atoms with E-state index in [1.165, 1.54) is 0 Å². The second-order valence-electron chi connectivity index (χ2n) is 4.66. The Hall–Kier alpha value is -0.600. The molecule has 0 fully saturated rings. The quantitative estimate of drug-likeness (QED) is 0.369. The first kappa shape index (κ1) is 15.4. The second-order valence-corrected chi connectivity index (χ2v) is 4.66. The van der Waals surface area contributed by atoms with Crippen molar-refractivity contribution in [2.24, 2.45) is 5.34 Å². The zero-order valence-electron chi connectivity index (χ0n) is 11.1. The first-order valence-electron chi connectivity index (χ1n) is 6.75. The van der Waals surface area contributed by atoms with Gasteiger partial charge in [0, 0.05) is 0 Å². The van der Waals surface area contributed by atoms with Crippen molar-refractivity contribution in [2.45, 2.75) is 84.2 Å². The molecule has 0 aliphatic heterocycles. The summed E-state index contributed by atoms with van der Waals surface area (Å²) in [4.78, 5) is 15.6. The lowest BCUT2D eigenvalue weighted by Crippen LogP contribution is -2.31. The molecular formula is C13H27NO2. The first-order valence-corrected chi connectivity index (χ1v) is 6.75. The van der Waals surface area contributed by atoms with Crippen LogP contribution < -0.4 is 0 Å². The van der Waals surface area contributed by atoms with Crippen LogP contribution in [0.1, 0.15) is 78.6 Å². The van der Waals surface area contributed by atoms with E-state index in [0.717, 1.165) is 57.8 Å². The van der Waals surface area contributed by atoms with Crippen molar-refractivity contribution in [1.82, 2.24) is 0 Å². The number of rotatable bonds is 11. The van der Waals surface area contributed by atoms with Crippen LogP contribution in [0.5, 0.6) is 0 Å². The maximum atomic E-state index is 10.4. The summed E-state index contributed by atoms with van der Waals surface area (Å²) in [7, 11) is 0. The van der Waals surface area contributed by atoms with Crippen LogP contribution in [0.25, 0.3) is 0 Å². The summed E-state index contributed by atoms with van der Waals surface area (Å²) >= 11 is 0. The van der Waals surface area contributed by atoms with Crippen molar-refractivity contribution in [1.29, 1.82) is 0 Å². The zero-order valence-corrected chi connectivity index (χ0v) is 11.1. The Morgan fingerprint density at radius 3 is 1.50 bits per heavy atom. The lowest BCUT2D eigenvalue weighted by atomic mass is 9.86. The minimum atomic E-state index is -0.274. The molecule has 0 aromatic rings. The molecular weight excluding hydrogens is 202 g/mol. The van der Waals surface area contributed by atoms with Crippen LogP contribution in [0.15, 0.2) is 5.34 Å². The Balaban J connectivity index is 4.37. The minimum absolute atomic E-state index is 0.274. The maximum Gasteiger partial charge on any atom is 0.155 e. The van der Waals surface area contributed by atoms with E-state index < -0.39 is 0 Å². The van der Waals surface area contributed by atoms with Gasteiger partial charge in [0.1, 0.15) is 5.60 Å². The Morgan fingerprint density at radius 2 is 1.25 bits per heavy atom. The van der Waals surface area contributed by atoms with E-state index in [4.69, 9.17) is 4.84 Å². The Labute approximate surface area is 99.9 Å². The van der Waals surface area contributed by atoms with Gasteiger partial charge < -0.3 is 4.84 Å². The molecule has 16 heavy (non-hydrogen) atoms. The van der Waals surface area contributed by atoms with Crippen LogP contribution in [0.3, 0.4) is 0 Å². The number of hydrogen-bond acceptors (Lipinski definition) is 3. The van der Waals surface area contributed by atoms with E-state index in [2.05, 4.69) is 26.1 Å². The molecule has 0 rings (SSSR count). The molecule has 3 nitrogen and oxygen atoms in total. The molecule has 96 valence electrons. The standard InChI is InChI=1S/C13H27NO2/c1-4-7-10-13(16-14-15,11-8-5-2)12-9-6-3/h4-12H2,1-3H3. The monoisotopic (exact) mass is 229 g/mol. The molecule has 0 saturated carbocycles. The van der Waals surface area contributed by atoms with Gasteiger partial charge in [-0.15, -0.1) is 4.91 Å². The summed E-state index contributed by atoms with van der Waals surface area (Å²) in [6.07, 6.45) is 9.67. The molecule has 0 aromatic heterocycles. The van der Waals surface area contributed by atoms with Crippen molar-refractivity contribution in [3.63, 3.8) is 0 Å². The van der Waals surface area contributed by atoms with E-state index in [-0.39, 0.29) is 5.60 Å². The molecule has 0 aliphatic rings. The predicted octanol–water partition coefficient (Wildman–Crippen LogP) is 4.99. The van der Waals surface area contributed by atoms with Gasteiger partial charge in [-0.3, -0.25) is 0 Å². The predicted molar refractivity (Wildman–Crippen MR) is 68.2 cm³/mol. The Kier molecular flexibility index (Phi) is 9.25. The normalized spacial score (nSPS) is 11.4. The van der Waals surface area contributed by atoms with Crippen LogP contribution >= 0.6 is 0 Å². The summed E-state index contributed by atoms with van der Waals surface area (Å²) in [6, 6.07) is 0. The second kappa shape index (κ2) is 9.61. The number of nitrogens with zero attached hydrogens (tertiary/aromatic N) is 1. The van der Waals surface area contributed by atoms with Crippen molar-refractivity contribution < 1.29 is 4.84 Å². The molecule has 0 N–H and O–H groups in total. The van der Waals surface area contributed by atoms with E-state index >= 15 is 0 Å². The number of unbranched alkanes of at least 4 members (excludes halogenated alkanes) is 3. The average molecular weight is 229 g/mol. The fourth-order valence-corrected chi connectivity index (χ4v) is 2.09. The third kappa shape index (κ3) is 6.09. The SMILES string of the molecule is CCCCC(CCCC)(CCCC)ON=O. The molecule has 0 aromatic carbocycles. The molecule has 0 bridgehead atoms. The molecule has 3 heteroatoms. The highest BCUT2D eigenvalue weighted by molar-refractivity contribution is 4.80. The van der Waals surface area contributed by atoms with E-state index in [9.17, 15) is 4.91 Å². The molecule has 0 spiro atoms. The smallest absolute Gasteiger partial charge is 0.155 e. The van der Waals surface area contributed by atoms with Gasteiger partial charge >= 0.3 is 0 Å². The van der Waals surface area contributed by atoms with Gasteiger partial charge in [0.15, 0.2) is 5.34 Å². The molecule has 0 radical (unpaired) electrons. The molecule has 0 unspecified atom stereocenters. The van der Waals surface area contributed by atoms with Crippen molar-refractivity contribution in [3.8, 4) is 0 Å². The summed E-state index contributed by atoms with van der Waals surface area (Å²) < 4.78 is 0. The van der Waals surface area contributed by atoms with Gasteiger partial charge in [-0.1, -0.05) is 40.0 Å². The maximum absolute atomic E-state index is 10.4. The lowest BCUT2D eigenvalue weighted by molar-refractivity contribution is -0.0682. The average Bonchev–Trinajstić information content (AvgIpc) is 2.31. The summed E-state index contributed by atoms with van der Waals surface area (Å²) in [5.74, 6) is 0. The molecule has 0 heterocycles. The molecule has 0 atom stereocenters.